The highest BCUT2D eigenvalue weighted by atomic mass is 35.5. The molecular formula is C25H19ClF2N2O3. The van der Waals surface area contributed by atoms with E-state index in [9.17, 15) is 13.6 Å². The lowest BCUT2D eigenvalue weighted by atomic mass is 10.2. The Hall–Kier alpha value is -3.71. The lowest BCUT2D eigenvalue weighted by Crippen LogP contribution is -2.22. The van der Waals surface area contributed by atoms with Crippen LogP contribution in [-0.2, 0) is 0 Å². The van der Waals surface area contributed by atoms with Gasteiger partial charge in [-0.05, 0) is 73.2 Å². The number of fused-ring (bicyclic) bond motifs is 1. The number of alkyl halides is 2. The van der Waals surface area contributed by atoms with Crippen LogP contribution in [0.5, 0.6) is 11.5 Å². The first kappa shape index (κ1) is 22.5. The lowest BCUT2D eigenvalue weighted by molar-refractivity contribution is -0.0498. The van der Waals surface area contributed by atoms with Crippen molar-refractivity contribution in [3.8, 4) is 17.2 Å². The molecule has 0 radical (unpaired) electrons. The van der Waals surface area contributed by atoms with Gasteiger partial charge in [0.2, 0.25) is 0 Å². The first-order chi connectivity index (χ1) is 15.9. The Morgan fingerprint density at radius 2 is 1.70 bits per heavy atom. The highest BCUT2D eigenvalue weighted by molar-refractivity contribution is 6.31. The highest BCUT2D eigenvalue weighted by Crippen LogP contribution is 2.21. The van der Waals surface area contributed by atoms with Crippen LogP contribution in [0.4, 0.5) is 8.78 Å². The second-order valence-corrected chi connectivity index (χ2v) is 7.42. The van der Waals surface area contributed by atoms with Crippen LogP contribution in [0.1, 0.15) is 18.3 Å². The van der Waals surface area contributed by atoms with Crippen molar-refractivity contribution in [3.05, 3.63) is 93.5 Å². The molecule has 3 aromatic carbocycles. The predicted molar refractivity (Wildman–Crippen MR) is 126 cm³/mol. The van der Waals surface area contributed by atoms with E-state index in [0.29, 0.717) is 39.8 Å². The van der Waals surface area contributed by atoms with Gasteiger partial charge in [0, 0.05) is 5.02 Å². The second kappa shape index (κ2) is 9.83. The summed E-state index contributed by atoms with van der Waals surface area (Å²) in [4.78, 5) is 18.0. The molecule has 0 fully saturated rings. The van der Waals surface area contributed by atoms with E-state index in [-0.39, 0.29) is 11.3 Å². The van der Waals surface area contributed by atoms with Crippen LogP contribution in [0, 0.1) is 0 Å². The van der Waals surface area contributed by atoms with Gasteiger partial charge < -0.3 is 9.47 Å². The monoisotopic (exact) mass is 468 g/mol. The molecule has 0 saturated carbocycles. The van der Waals surface area contributed by atoms with Gasteiger partial charge >= 0.3 is 6.61 Å². The molecule has 168 valence electrons. The Kier molecular flexibility index (Phi) is 6.70. The van der Waals surface area contributed by atoms with E-state index in [1.807, 2.05) is 6.92 Å². The summed E-state index contributed by atoms with van der Waals surface area (Å²) in [6.07, 6.45) is 3.41. The molecule has 0 aliphatic carbocycles. The van der Waals surface area contributed by atoms with Crippen molar-refractivity contribution in [1.29, 1.82) is 0 Å². The third-order valence-corrected chi connectivity index (χ3v) is 5.03. The van der Waals surface area contributed by atoms with Crippen LogP contribution in [0.2, 0.25) is 5.02 Å². The molecule has 0 amide bonds. The maximum Gasteiger partial charge on any atom is 0.387 e. The number of hydrogen-bond acceptors (Lipinski definition) is 4. The molecule has 0 unspecified atom stereocenters. The summed E-state index contributed by atoms with van der Waals surface area (Å²) in [5, 5.41) is 0.900. The number of hydrogen-bond donors (Lipinski definition) is 0. The fourth-order valence-electron chi connectivity index (χ4n) is 3.33. The summed E-state index contributed by atoms with van der Waals surface area (Å²) >= 11 is 6.11. The van der Waals surface area contributed by atoms with Gasteiger partial charge in [-0.1, -0.05) is 29.8 Å². The van der Waals surface area contributed by atoms with Crippen molar-refractivity contribution in [3.63, 3.8) is 0 Å². The first-order valence-electron chi connectivity index (χ1n) is 10.1. The number of halogens is 3. The third-order valence-electron chi connectivity index (χ3n) is 4.79. The van der Waals surface area contributed by atoms with E-state index in [1.165, 1.54) is 16.7 Å². The van der Waals surface area contributed by atoms with E-state index in [2.05, 4.69) is 9.72 Å². The van der Waals surface area contributed by atoms with Crippen molar-refractivity contribution >= 4 is 34.7 Å². The average molecular weight is 469 g/mol. The maximum absolute atomic E-state index is 13.4. The van der Waals surface area contributed by atoms with E-state index in [4.69, 9.17) is 16.3 Å². The van der Waals surface area contributed by atoms with Crippen LogP contribution < -0.4 is 15.0 Å². The number of rotatable bonds is 7. The van der Waals surface area contributed by atoms with Gasteiger partial charge in [0.05, 0.1) is 23.2 Å². The van der Waals surface area contributed by atoms with Crippen molar-refractivity contribution in [2.24, 2.45) is 0 Å². The van der Waals surface area contributed by atoms with E-state index >= 15 is 0 Å². The fraction of sp³-hybridized carbons (Fsp3) is 0.120. The van der Waals surface area contributed by atoms with E-state index in [0.717, 1.165) is 5.56 Å². The highest BCUT2D eigenvalue weighted by Gasteiger charge is 2.12. The van der Waals surface area contributed by atoms with Gasteiger partial charge in [-0.15, -0.1) is 0 Å². The molecule has 0 atom stereocenters. The molecule has 1 heterocycles. The zero-order valence-corrected chi connectivity index (χ0v) is 18.3. The van der Waals surface area contributed by atoms with E-state index < -0.39 is 6.61 Å². The number of nitrogens with zero attached hydrogens (tertiary/aromatic N) is 2. The summed E-state index contributed by atoms with van der Waals surface area (Å²) in [5.41, 5.74) is 1.56. The molecular weight excluding hydrogens is 450 g/mol. The van der Waals surface area contributed by atoms with Crippen LogP contribution in [0.3, 0.4) is 0 Å². The maximum atomic E-state index is 13.4. The summed E-state index contributed by atoms with van der Waals surface area (Å²) in [6.45, 7) is -0.456. The summed E-state index contributed by atoms with van der Waals surface area (Å²) in [7, 11) is 0. The van der Waals surface area contributed by atoms with Gasteiger partial charge in [-0.25, -0.2) is 4.98 Å². The predicted octanol–water partition coefficient (Wildman–Crippen LogP) is 6.21. The quantitative estimate of drug-likeness (QED) is 0.323. The summed E-state index contributed by atoms with van der Waals surface area (Å²) in [6, 6.07) is 18.2. The molecule has 0 spiro atoms. The minimum absolute atomic E-state index is 0.0620. The van der Waals surface area contributed by atoms with Crippen molar-refractivity contribution in [1.82, 2.24) is 9.55 Å². The zero-order valence-electron chi connectivity index (χ0n) is 17.5. The first-order valence-corrected chi connectivity index (χ1v) is 10.5. The molecule has 0 saturated heterocycles. The Bertz CT molecular complexity index is 1350. The topological polar surface area (TPSA) is 53.4 Å². The van der Waals surface area contributed by atoms with Crippen molar-refractivity contribution < 1.29 is 18.3 Å². The SMILES string of the molecule is CCOc1ccc(-n2c(/C=C/c3ccc(OC(F)F)cc3)nc3cc(Cl)ccc3c2=O)cc1. The molecule has 33 heavy (non-hydrogen) atoms. The van der Waals surface area contributed by atoms with Crippen molar-refractivity contribution in [2.75, 3.05) is 6.61 Å². The molecule has 4 aromatic rings. The Balaban J connectivity index is 1.79. The van der Waals surface area contributed by atoms with Crippen LogP contribution in [0.15, 0.2) is 71.5 Å². The molecule has 0 bridgehead atoms. The smallest absolute Gasteiger partial charge is 0.387 e. The summed E-state index contributed by atoms with van der Waals surface area (Å²) < 4.78 is 36.1. The van der Waals surface area contributed by atoms with Crippen LogP contribution >= 0.6 is 11.6 Å². The molecule has 4 rings (SSSR count). The largest absolute Gasteiger partial charge is 0.494 e. The summed E-state index contributed by atoms with van der Waals surface area (Å²) in [5.74, 6) is 1.14. The van der Waals surface area contributed by atoms with Gasteiger partial charge in [-0.3, -0.25) is 9.36 Å². The minimum atomic E-state index is -2.89. The molecule has 0 aliphatic heterocycles. The van der Waals surface area contributed by atoms with E-state index in [1.54, 1.807) is 66.7 Å². The average Bonchev–Trinajstić information content (AvgIpc) is 2.79. The Morgan fingerprint density at radius 1 is 1.00 bits per heavy atom. The molecule has 1 aromatic heterocycles. The fourth-order valence-corrected chi connectivity index (χ4v) is 3.49. The Labute approximate surface area is 193 Å². The van der Waals surface area contributed by atoms with Gasteiger partial charge in [-0.2, -0.15) is 8.78 Å². The zero-order chi connectivity index (χ0) is 23.4. The molecule has 0 N–H and O–H groups in total. The van der Waals surface area contributed by atoms with Crippen molar-refractivity contribution in [2.45, 2.75) is 13.5 Å². The van der Waals surface area contributed by atoms with Gasteiger partial charge in [0.15, 0.2) is 0 Å². The molecule has 5 nitrogen and oxygen atoms in total. The van der Waals surface area contributed by atoms with Crippen LogP contribution in [-0.4, -0.2) is 22.8 Å². The number of aromatic nitrogens is 2. The number of ether oxygens (including phenoxy) is 2. The Morgan fingerprint density at radius 3 is 2.36 bits per heavy atom. The third kappa shape index (κ3) is 5.21. The lowest BCUT2D eigenvalue weighted by Gasteiger charge is -2.12. The second-order valence-electron chi connectivity index (χ2n) is 6.98. The standard InChI is InChI=1S/C25H19ClF2N2O3/c1-2-32-19-11-7-18(8-12-19)30-23(29-22-15-17(26)6-13-21(22)24(30)31)14-5-16-3-9-20(10-4-16)33-25(27)28/h3-15,25H,2H2,1H3/b14-5+. The molecule has 0 aliphatic rings. The normalized spacial score (nSPS) is 11.4. The van der Waals surface area contributed by atoms with Crippen LogP contribution in [0.25, 0.3) is 28.7 Å². The van der Waals surface area contributed by atoms with Gasteiger partial charge in [0.1, 0.15) is 17.3 Å². The number of benzene rings is 3. The molecule has 8 heteroatoms. The minimum Gasteiger partial charge on any atom is -0.494 e. The van der Waals surface area contributed by atoms with Gasteiger partial charge in [0.25, 0.3) is 5.56 Å².